The van der Waals surface area contributed by atoms with E-state index >= 15 is 0 Å². The van der Waals surface area contributed by atoms with Gasteiger partial charge in [0.15, 0.2) is 0 Å². The number of halogens is 1. The monoisotopic (exact) mass is 279 g/mol. The second-order valence-corrected chi connectivity index (χ2v) is 4.46. The summed E-state index contributed by atoms with van der Waals surface area (Å²) in [7, 11) is 1.17. The number of amides is 1. The molecule has 19 heavy (non-hydrogen) atoms. The molecular formula is C11H18FNO6. The Labute approximate surface area is 110 Å². The molecule has 0 rings (SSSR count). The summed E-state index contributed by atoms with van der Waals surface area (Å²) in [5.74, 6) is -2.70. The smallest absolute Gasteiger partial charge is 0.407 e. The van der Waals surface area contributed by atoms with Crippen LogP contribution >= 0.6 is 0 Å². The Morgan fingerprint density at radius 3 is 2.11 bits per heavy atom. The minimum Gasteiger partial charge on any atom is -0.478 e. The molecular weight excluding hydrogens is 261 g/mol. The molecule has 0 fully saturated rings. The normalized spacial score (nSPS) is 13.7. The minimum atomic E-state index is -1.91. The first kappa shape index (κ1) is 17.1. The zero-order valence-electron chi connectivity index (χ0n) is 11.0. The predicted molar refractivity (Wildman–Crippen MR) is 62.5 cm³/mol. The van der Waals surface area contributed by atoms with Gasteiger partial charge in [0.05, 0.1) is 0 Å². The summed E-state index contributed by atoms with van der Waals surface area (Å²) in [6.07, 6.45) is -3.11. The molecule has 2 N–H and O–H groups in total. The molecule has 1 amide bonds. The van der Waals surface area contributed by atoms with Crippen molar-refractivity contribution < 1.29 is 33.7 Å². The van der Waals surface area contributed by atoms with E-state index in [1.165, 1.54) is 7.05 Å². The van der Waals surface area contributed by atoms with E-state index in [4.69, 9.17) is 10.2 Å². The SMILES string of the molecule is CC(C)CC(C(=O)O[C@H](CF)C(=O)O)N(C)C(=O)O. The van der Waals surface area contributed by atoms with Crippen LogP contribution in [0.3, 0.4) is 0 Å². The average Bonchev–Trinajstić information content (AvgIpc) is 2.30. The molecule has 0 aromatic carbocycles. The van der Waals surface area contributed by atoms with Crippen LogP contribution in [0.25, 0.3) is 0 Å². The fraction of sp³-hybridized carbons (Fsp3) is 0.727. The number of carboxylic acids is 1. The van der Waals surface area contributed by atoms with Crippen LogP contribution in [-0.2, 0) is 14.3 Å². The molecule has 0 saturated carbocycles. The van der Waals surface area contributed by atoms with Gasteiger partial charge in [-0.1, -0.05) is 13.8 Å². The van der Waals surface area contributed by atoms with Crippen LogP contribution in [0.2, 0.25) is 0 Å². The third-order valence-electron chi connectivity index (χ3n) is 2.41. The van der Waals surface area contributed by atoms with Crippen molar-refractivity contribution >= 4 is 18.0 Å². The zero-order chi connectivity index (χ0) is 15.2. The first-order valence-corrected chi connectivity index (χ1v) is 5.65. The van der Waals surface area contributed by atoms with Crippen LogP contribution in [-0.4, -0.2) is 59.0 Å². The Morgan fingerprint density at radius 1 is 1.26 bits per heavy atom. The number of rotatable bonds is 7. The summed E-state index contributed by atoms with van der Waals surface area (Å²) in [6.45, 7) is 2.16. The number of carbonyl (C=O) groups excluding carboxylic acids is 1. The zero-order valence-corrected chi connectivity index (χ0v) is 11.0. The summed E-state index contributed by atoms with van der Waals surface area (Å²) in [5.41, 5.74) is 0. The van der Waals surface area contributed by atoms with Crippen molar-refractivity contribution in [3.63, 3.8) is 0 Å². The lowest BCUT2D eigenvalue weighted by molar-refractivity contribution is -0.168. The minimum absolute atomic E-state index is 0.0204. The van der Waals surface area contributed by atoms with Crippen molar-refractivity contribution in [2.24, 2.45) is 5.92 Å². The Hall–Kier alpha value is -1.86. The van der Waals surface area contributed by atoms with Crippen LogP contribution in [0.5, 0.6) is 0 Å². The van der Waals surface area contributed by atoms with Crippen molar-refractivity contribution in [1.29, 1.82) is 0 Å². The molecule has 0 aliphatic rings. The van der Waals surface area contributed by atoms with Crippen molar-refractivity contribution in [2.45, 2.75) is 32.4 Å². The van der Waals surface area contributed by atoms with Gasteiger partial charge in [-0.15, -0.1) is 0 Å². The van der Waals surface area contributed by atoms with Crippen LogP contribution in [0.1, 0.15) is 20.3 Å². The van der Waals surface area contributed by atoms with Gasteiger partial charge in [0, 0.05) is 7.05 Å². The van der Waals surface area contributed by atoms with Crippen LogP contribution in [0.4, 0.5) is 9.18 Å². The van der Waals surface area contributed by atoms with Gasteiger partial charge in [0.1, 0.15) is 12.7 Å². The summed E-state index contributed by atoms with van der Waals surface area (Å²) in [4.78, 5) is 33.9. The lowest BCUT2D eigenvalue weighted by atomic mass is 10.0. The van der Waals surface area contributed by atoms with Gasteiger partial charge in [-0.05, 0) is 12.3 Å². The predicted octanol–water partition coefficient (Wildman–Crippen LogP) is 0.977. The lowest BCUT2D eigenvalue weighted by Gasteiger charge is -2.26. The Morgan fingerprint density at radius 2 is 1.79 bits per heavy atom. The second kappa shape index (κ2) is 7.55. The van der Waals surface area contributed by atoms with E-state index in [0.717, 1.165) is 4.90 Å². The van der Waals surface area contributed by atoms with Crippen LogP contribution in [0.15, 0.2) is 0 Å². The molecule has 7 nitrogen and oxygen atoms in total. The highest BCUT2D eigenvalue weighted by Crippen LogP contribution is 2.13. The number of hydrogen-bond donors (Lipinski definition) is 2. The molecule has 2 atom stereocenters. The second-order valence-electron chi connectivity index (χ2n) is 4.46. The molecule has 0 aliphatic carbocycles. The molecule has 0 aliphatic heterocycles. The standard InChI is InChI=1S/C11H18FNO6/c1-6(2)4-7(13(3)11(17)18)10(16)19-8(5-12)9(14)15/h6-8H,4-5H2,1-3H3,(H,14,15)(H,17,18)/t7?,8-/m1/s1. The quantitative estimate of drug-likeness (QED) is 0.673. The van der Waals surface area contributed by atoms with Crippen molar-refractivity contribution in [3.05, 3.63) is 0 Å². The summed E-state index contributed by atoms with van der Waals surface area (Å²) in [6, 6.07) is -1.16. The number of esters is 1. The topological polar surface area (TPSA) is 104 Å². The highest BCUT2D eigenvalue weighted by atomic mass is 19.1. The van der Waals surface area contributed by atoms with E-state index in [1.54, 1.807) is 13.8 Å². The van der Waals surface area contributed by atoms with E-state index in [2.05, 4.69) is 4.74 Å². The number of likely N-dealkylation sites (N-methyl/N-ethyl adjacent to an activating group) is 1. The fourth-order valence-electron chi connectivity index (χ4n) is 1.36. The summed E-state index contributed by atoms with van der Waals surface area (Å²) < 4.78 is 16.8. The first-order valence-electron chi connectivity index (χ1n) is 5.65. The molecule has 8 heteroatoms. The number of nitrogens with zero attached hydrogens (tertiary/aromatic N) is 1. The van der Waals surface area contributed by atoms with Gasteiger partial charge >= 0.3 is 18.0 Å². The van der Waals surface area contributed by atoms with Crippen molar-refractivity contribution in [3.8, 4) is 0 Å². The Balaban J connectivity index is 4.90. The molecule has 1 unspecified atom stereocenters. The van der Waals surface area contributed by atoms with E-state index in [1.807, 2.05) is 0 Å². The molecule has 0 aromatic rings. The van der Waals surface area contributed by atoms with E-state index in [0.29, 0.717) is 0 Å². The van der Waals surface area contributed by atoms with Gasteiger partial charge < -0.3 is 14.9 Å². The molecule has 0 heterocycles. The number of hydrogen-bond acceptors (Lipinski definition) is 4. The number of ether oxygens (including phenoxy) is 1. The molecule has 0 spiro atoms. The van der Waals surface area contributed by atoms with Crippen LogP contribution in [0, 0.1) is 5.92 Å². The van der Waals surface area contributed by atoms with Gasteiger partial charge in [-0.2, -0.15) is 0 Å². The number of carboxylic acid groups (broad SMARTS) is 2. The third kappa shape index (κ3) is 5.54. The highest BCUT2D eigenvalue weighted by Gasteiger charge is 2.32. The summed E-state index contributed by atoms with van der Waals surface area (Å²) >= 11 is 0. The van der Waals surface area contributed by atoms with E-state index in [9.17, 15) is 18.8 Å². The molecule has 0 aromatic heterocycles. The number of carbonyl (C=O) groups is 3. The maximum Gasteiger partial charge on any atom is 0.407 e. The van der Waals surface area contributed by atoms with E-state index < -0.39 is 36.9 Å². The van der Waals surface area contributed by atoms with Gasteiger partial charge in [0.2, 0.25) is 6.10 Å². The average molecular weight is 279 g/mol. The first-order chi connectivity index (χ1) is 8.70. The maximum absolute atomic E-state index is 12.4. The maximum atomic E-state index is 12.4. The Kier molecular flexibility index (Phi) is 6.81. The lowest BCUT2D eigenvalue weighted by Crippen LogP contribution is -2.45. The van der Waals surface area contributed by atoms with Gasteiger partial charge in [-0.3, -0.25) is 4.90 Å². The highest BCUT2D eigenvalue weighted by molar-refractivity contribution is 5.83. The molecule has 0 radical (unpaired) electrons. The fourth-order valence-corrected chi connectivity index (χ4v) is 1.36. The largest absolute Gasteiger partial charge is 0.478 e. The molecule has 0 bridgehead atoms. The molecule has 110 valence electrons. The third-order valence-corrected chi connectivity index (χ3v) is 2.41. The van der Waals surface area contributed by atoms with Gasteiger partial charge in [0.25, 0.3) is 0 Å². The number of alkyl halides is 1. The summed E-state index contributed by atoms with van der Waals surface area (Å²) in [5, 5.41) is 17.4. The van der Waals surface area contributed by atoms with E-state index in [-0.39, 0.29) is 12.3 Å². The van der Waals surface area contributed by atoms with Crippen molar-refractivity contribution in [1.82, 2.24) is 4.90 Å². The van der Waals surface area contributed by atoms with Gasteiger partial charge in [-0.25, -0.2) is 18.8 Å². The Bertz CT molecular complexity index is 346. The van der Waals surface area contributed by atoms with Crippen molar-refractivity contribution in [2.75, 3.05) is 13.7 Å². The molecule has 0 saturated heterocycles. The number of aliphatic carboxylic acids is 1. The van der Waals surface area contributed by atoms with Crippen LogP contribution < -0.4 is 0 Å².